The first kappa shape index (κ1) is 9.95. The van der Waals surface area contributed by atoms with Crippen molar-refractivity contribution in [2.45, 2.75) is 17.9 Å². The van der Waals surface area contributed by atoms with Crippen LogP contribution in [-0.4, -0.2) is 14.6 Å². The van der Waals surface area contributed by atoms with Gasteiger partial charge in [-0.05, 0) is 6.92 Å². The summed E-state index contributed by atoms with van der Waals surface area (Å²) in [5, 5.41) is 4.52. The van der Waals surface area contributed by atoms with Crippen LogP contribution in [0.4, 0.5) is 0 Å². The monoisotopic (exact) mass is 247 g/mol. The van der Waals surface area contributed by atoms with Crippen LogP contribution < -0.4 is 0 Å². The highest BCUT2D eigenvalue weighted by Gasteiger charge is 2.08. The van der Waals surface area contributed by atoms with Gasteiger partial charge in [-0.1, -0.05) is 27.9 Å². The Hall–Kier alpha value is -0.590. The van der Waals surface area contributed by atoms with Gasteiger partial charge in [0.05, 0.1) is 5.69 Å². The fraction of sp³-hybridized carbons (Fsp3) is 0.286. The van der Waals surface area contributed by atoms with Crippen molar-refractivity contribution in [2.75, 3.05) is 0 Å². The Labute approximate surface area is 93.8 Å². The van der Waals surface area contributed by atoms with Crippen LogP contribution in [0.3, 0.4) is 0 Å². The lowest BCUT2D eigenvalue weighted by Gasteiger charge is -1.91. The number of nitrogens with zero attached hydrogens (tertiary/aromatic N) is 3. The zero-order valence-electron chi connectivity index (χ0n) is 7.23. The number of hydrogen-bond donors (Lipinski definition) is 0. The van der Waals surface area contributed by atoms with Gasteiger partial charge < -0.3 is 4.42 Å². The Morgan fingerprint density at radius 1 is 1.64 bits per heavy atom. The second kappa shape index (κ2) is 4.29. The molecule has 0 amide bonds. The van der Waals surface area contributed by atoms with E-state index in [1.807, 2.05) is 6.92 Å². The van der Waals surface area contributed by atoms with E-state index in [2.05, 4.69) is 14.6 Å². The number of aryl methyl sites for hydroxylation is 1. The Morgan fingerprint density at radius 2 is 2.50 bits per heavy atom. The zero-order chi connectivity index (χ0) is 9.97. The van der Waals surface area contributed by atoms with Crippen molar-refractivity contribution < 1.29 is 4.42 Å². The van der Waals surface area contributed by atoms with Crippen molar-refractivity contribution in [2.24, 2.45) is 0 Å². The van der Waals surface area contributed by atoms with Gasteiger partial charge >= 0.3 is 0 Å². The van der Waals surface area contributed by atoms with Crippen LogP contribution >= 0.6 is 34.9 Å². The second-order valence-corrected chi connectivity index (χ2v) is 4.82. The molecule has 0 aliphatic rings. The molecule has 0 saturated heterocycles. The van der Waals surface area contributed by atoms with Crippen LogP contribution in [0.25, 0.3) is 0 Å². The smallest absolute Gasteiger partial charge is 0.256 e. The Kier molecular flexibility index (Phi) is 3.05. The van der Waals surface area contributed by atoms with Crippen LogP contribution in [0.2, 0.25) is 4.34 Å². The van der Waals surface area contributed by atoms with E-state index in [-0.39, 0.29) is 0 Å². The molecule has 0 atom stereocenters. The predicted octanol–water partition coefficient (Wildman–Crippen LogP) is 2.78. The summed E-state index contributed by atoms with van der Waals surface area (Å²) >= 11 is 8.48. The minimum absolute atomic E-state index is 0.626. The Bertz CT molecular complexity index is 428. The van der Waals surface area contributed by atoms with Crippen molar-refractivity contribution in [1.82, 2.24) is 14.6 Å². The maximum Gasteiger partial charge on any atom is 0.256 e. The van der Waals surface area contributed by atoms with E-state index in [1.165, 1.54) is 23.3 Å². The summed E-state index contributed by atoms with van der Waals surface area (Å²) < 4.78 is 9.53. The van der Waals surface area contributed by atoms with E-state index in [0.717, 1.165) is 11.4 Å². The normalized spacial score (nSPS) is 10.7. The zero-order valence-corrected chi connectivity index (χ0v) is 9.62. The van der Waals surface area contributed by atoms with E-state index in [4.69, 9.17) is 16.0 Å². The van der Waals surface area contributed by atoms with Crippen molar-refractivity contribution in [3.05, 3.63) is 22.0 Å². The Morgan fingerprint density at radius 3 is 3.07 bits per heavy atom. The van der Waals surface area contributed by atoms with E-state index >= 15 is 0 Å². The number of hydrogen-bond acceptors (Lipinski definition) is 6. The van der Waals surface area contributed by atoms with E-state index < -0.39 is 0 Å². The molecule has 0 bridgehead atoms. The van der Waals surface area contributed by atoms with Gasteiger partial charge in [0.1, 0.15) is 16.3 Å². The Balaban J connectivity index is 1.98. The summed E-state index contributed by atoms with van der Waals surface area (Å²) in [6, 6.07) is 0. The first-order valence-corrected chi connectivity index (χ1v) is 5.91. The average molecular weight is 248 g/mol. The molecule has 0 fully saturated rings. The molecule has 74 valence electrons. The summed E-state index contributed by atoms with van der Waals surface area (Å²) in [4.78, 5) is 4.15. The molecule has 2 aromatic heterocycles. The lowest BCUT2D eigenvalue weighted by molar-refractivity contribution is 0.454. The largest absolute Gasteiger partial charge is 0.440 e. The number of thioether (sulfide) groups is 1. The molecule has 0 saturated carbocycles. The summed E-state index contributed by atoms with van der Waals surface area (Å²) in [6.45, 7) is 1.88. The van der Waals surface area contributed by atoms with Crippen molar-refractivity contribution >= 4 is 34.9 Å². The fourth-order valence-corrected chi connectivity index (χ4v) is 2.40. The highest BCUT2D eigenvalue weighted by atomic mass is 35.5. The lowest BCUT2D eigenvalue weighted by atomic mass is 10.6. The molecular weight excluding hydrogens is 242 g/mol. The second-order valence-electron chi connectivity index (χ2n) is 2.54. The maximum atomic E-state index is 5.84. The molecule has 2 rings (SSSR count). The number of oxazole rings is 1. The highest BCUT2D eigenvalue weighted by molar-refractivity contribution is 7.98. The number of aromatic nitrogens is 3. The molecule has 7 heteroatoms. The number of halogens is 1. The molecular formula is C7H6ClN3OS2. The fourth-order valence-electron chi connectivity index (χ4n) is 0.812. The van der Waals surface area contributed by atoms with Gasteiger partial charge in [-0.3, -0.25) is 0 Å². The van der Waals surface area contributed by atoms with E-state index in [0.29, 0.717) is 15.3 Å². The molecule has 0 spiro atoms. The summed E-state index contributed by atoms with van der Waals surface area (Å²) in [5.41, 5.74) is 1.65. The van der Waals surface area contributed by atoms with Crippen LogP contribution in [0.15, 0.2) is 15.9 Å². The van der Waals surface area contributed by atoms with Crippen LogP contribution in [0.1, 0.15) is 11.4 Å². The van der Waals surface area contributed by atoms with Gasteiger partial charge in [0.25, 0.3) is 5.22 Å². The topological polar surface area (TPSA) is 51.8 Å². The third-order valence-electron chi connectivity index (χ3n) is 1.44. The van der Waals surface area contributed by atoms with Gasteiger partial charge in [0.2, 0.25) is 0 Å². The van der Waals surface area contributed by atoms with Gasteiger partial charge in [0, 0.05) is 17.3 Å². The summed E-state index contributed by atoms with van der Waals surface area (Å²) in [7, 11) is 0. The van der Waals surface area contributed by atoms with Gasteiger partial charge in [-0.15, -0.1) is 5.10 Å². The molecule has 0 aliphatic carbocycles. The van der Waals surface area contributed by atoms with Gasteiger partial charge in [-0.25, -0.2) is 4.98 Å². The minimum atomic E-state index is 0.626. The van der Waals surface area contributed by atoms with Crippen LogP contribution in [0.5, 0.6) is 0 Å². The van der Waals surface area contributed by atoms with Crippen LogP contribution in [0, 0.1) is 6.92 Å². The third kappa shape index (κ3) is 2.26. The van der Waals surface area contributed by atoms with Crippen molar-refractivity contribution in [1.29, 1.82) is 0 Å². The molecule has 0 aliphatic heterocycles. The molecule has 4 nitrogen and oxygen atoms in total. The molecule has 2 heterocycles. The highest BCUT2D eigenvalue weighted by Crippen LogP contribution is 2.26. The quantitative estimate of drug-likeness (QED) is 0.781. The molecule has 0 aromatic carbocycles. The van der Waals surface area contributed by atoms with Crippen molar-refractivity contribution in [3.63, 3.8) is 0 Å². The van der Waals surface area contributed by atoms with Gasteiger partial charge in [-0.2, -0.15) is 0 Å². The molecule has 0 unspecified atom stereocenters. The molecule has 0 N–H and O–H groups in total. The maximum absolute atomic E-state index is 5.84. The van der Waals surface area contributed by atoms with E-state index in [1.54, 1.807) is 6.26 Å². The minimum Gasteiger partial charge on any atom is -0.440 e. The third-order valence-corrected chi connectivity index (χ3v) is 3.28. The number of rotatable bonds is 3. The molecule has 0 radical (unpaired) electrons. The first-order valence-electron chi connectivity index (χ1n) is 3.77. The lowest BCUT2D eigenvalue weighted by Crippen LogP contribution is -1.82. The predicted molar refractivity (Wildman–Crippen MR) is 55.7 cm³/mol. The van der Waals surface area contributed by atoms with Crippen LogP contribution in [-0.2, 0) is 5.75 Å². The van der Waals surface area contributed by atoms with E-state index in [9.17, 15) is 0 Å². The summed E-state index contributed by atoms with van der Waals surface area (Å²) in [5.74, 6) is 0.634. The molecule has 14 heavy (non-hydrogen) atoms. The summed E-state index contributed by atoms with van der Waals surface area (Å²) in [6.07, 6.45) is 1.61. The van der Waals surface area contributed by atoms with Gasteiger partial charge in [0.15, 0.2) is 0 Å². The average Bonchev–Trinajstić information content (AvgIpc) is 2.72. The SMILES string of the molecule is Cc1coc(SCc2nnsc2Cl)n1. The molecule has 2 aromatic rings. The first-order chi connectivity index (χ1) is 6.75. The van der Waals surface area contributed by atoms with Crippen molar-refractivity contribution in [3.8, 4) is 0 Å². The standard InChI is InChI=1S/C7H6ClN3OS2/c1-4-2-12-7(9-4)13-3-5-6(8)14-11-10-5/h2H,3H2,1H3.